The van der Waals surface area contributed by atoms with Crippen molar-refractivity contribution in [2.45, 2.75) is 24.5 Å². The monoisotopic (exact) mass is 377 g/mol. The molecule has 0 saturated carbocycles. The number of fused-ring (bicyclic) bond motifs is 1. The molecule has 0 aliphatic carbocycles. The molecule has 6 N–H and O–H groups in total. The van der Waals surface area contributed by atoms with Crippen LogP contribution in [0.3, 0.4) is 0 Å². The van der Waals surface area contributed by atoms with Gasteiger partial charge in [0.05, 0.1) is 12.9 Å². The van der Waals surface area contributed by atoms with E-state index in [0.717, 1.165) is 0 Å². The minimum absolute atomic E-state index is 0.0112. The molecule has 14 heteroatoms. The number of hydrogen-bond donors (Lipinski definition) is 5. The largest absolute Gasteiger partial charge is 0.469 e. The van der Waals surface area contributed by atoms with Gasteiger partial charge in [-0.2, -0.15) is 4.98 Å². The first-order chi connectivity index (χ1) is 11.7. The SMILES string of the molecule is COC1C(O)[C@@H](COP(=O)(O)O)O[C@H]1n1cnc2c(=O)[nH]c(N)nc21. The minimum Gasteiger partial charge on any atom is -0.387 e. The molecule has 25 heavy (non-hydrogen) atoms. The number of hydrogen-bond acceptors (Lipinski definition) is 9. The Bertz CT molecular complexity index is 877. The summed E-state index contributed by atoms with van der Waals surface area (Å²) < 4.78 is 27.4. The van der Waals surface area contributed by atoms with E-state index in [4.69, 9.17) is 25.0 Å². The van der Waals surface area contributed by atoms with Gasteiger partial charge in [-0.15, -0.1) is 0 Å². The number of imidazole rings is 1. The fourth-order valence-corrected chi connectivity index (χ4v) is 2.98. The van der Waals surface area contributed by atoms with Crippen LogP contribution in [0.15, 0.2) is 11.1 Å². The number of H-pyrrole nitrogens is 1. The Labute approximate surface area is 139 Å². The third-order valence-corrected chi connectivity index (χ3v) is 4.20. The molecule has 1 aliphatic heterocycles. The third-order valence-electron chi connectivity index (χ3n) is 3.72. The predicted molar refractivity (Wildman–Crippen MR) is 81.3 cm³/mol. The zero-order valence-electron chi connectivity index (χ0n) is 12.8. The van der Waals surface area contributed by atoms with Crippen LogP contribution in [-0.4, -0.2) is 66.4 Å². The zero-order chi connectivity index (χ0) is 18.4. The van der Waals surface area contributed by atoms with E-state index in [0.29, 0.717) is 0 Å². The fourth-order valence-electron chi connectivity index (χ4n) is 2.63. The lowest BCUT2D eigenvalue weighted by Crippen LogP contribution is -2.35. The van der Waals surface area contributed by atoms with E-state index in [-0.39, 0.29) is 17.1 Å². The molecular formula is C11H16N5O8P. The van der Waals surface area contributed by atoms with E-state index in [9.17, 15) is 14.5 Å². The molecule has 1 aliphatic rings. The summed E-state index contributed by atoms with van der Waals surface area (Å²) in [6, 6.07) is 0. The number of phosphoric acid groups is 1. The van der Waals surface area contributed by atoms with Gasteiger partial charge in [-0.3, -0.25) is 18.9 Å². The highest BCUT2D eigenvalue weighted by molar-refractivity contribution is 7.46. The van der Waals surface area contributed by atoms with E-state index in [1.165, 1.54) is 18.0 Å². The minimum atomic E-state index is -4.73. The normalized spacial score (nSPS) is 27.2. The van der Waals surface area contributed by atoms with Crippen LogP contribution in [0.4, 0.5) is 5.95 Å². The first kappa shape index (κ1) is 17.9. The maximum atomic E-state index is 11.8. The number of ether oxygens (including phenoxy) is 2. The molecule has 0 radical (unpaired) electrons. The number of nitrogens with two attached hydrogens (primary N) is 1. The Morgan fingerprint density at radius 2 is 2.24 bits per heavy atom. The number of nitrogens with one attached hydrogen (secondary N) is 1. The highest BCUT2D eigenvalue weighted by atomic mass is 31.2. The Morgan fingerprint density at radius 3 is 2.88 bits per heavy atom. The van der Waals surface area contributed by atoms with Crippen LogP contribution < -0.4 is 11.3 Å². The van der Waals surface area contributed by atoms with Gasteiger partial charge in [0.1, 0.15) is 18.3 Å². The average Bonchev–Trinajstić information content (AvgIpc) is 3.05. The molecule has 2 aromatic heterocycles. The topological polar surface area (TPSA) is 195 Å². The summed E-state index contributed by atoms with van der Waals surface area (Å²) in [7, 11) is -3.41. The third kappa shape index (κ3) is 3.43. The van der Waals surface area contributed by atoms with Gasteiger partial charge in [-0.05, 0) is 0 Å². The van der Waals surface area contributed by atoms with Gasteiger partial charge in [0.2, 0.25) is 5.95 Å². The van der Waals surface area contributed by atoms with Crippen LogP contribution in [-0.2, 0) is 18.6 Å². The summed E-state index contributed by atoms with van der Waals surface area (Å²) in [6.07, 6.45) is -2.96. The van der Waals surface area contributed by atoms with E-state index in [1.54, 1.807) is 0 Å². The number of aliphatic hydroxyl groups excluding tert-OH is 1. The second-order valence-corrected chi connectivity index (χ2v) is 6.56. The number of nitrogen functional groups attached to an aromatic ring is 1. The molecule has 13 nitrogen and oxygen atoms in total. The smallest absolute Gasteiger partial charge is 0.387 e. The van der Waals surface area contributed by atoms with Crippen LogP contribution in [0.1, 0.15) is 6.23 Å². The molecule has 0 bridgehead atoms. The van der Waals surface area contributed by atoms with E-state index in [1.807, 2.05) is 0 Å². The lowest BCUT2D eigenvalue weighted by Gasteiger charge is -2.19. The molecule has 2 unspecified atom stereocenters. The molecule has 4 atom stereocenters. The number of phosphoric ester groups is 1. The van der Waals surface area contributed by atoms with Crippen molar-refractivity contribution < 1.29 is 33.5 Å². The van der Waals surface area contributed by atoms with Gasteiger partial charge in [0.15, 0.2) is 17.4 Å². The van der Waals surface area contributed by atoms with Crippen molar-refractivity contribution in [3.05, 3.63) is 16.7 Å². The number of nitrogens with zero attached hydrogens (tertiary/aromatic N) is 3. The summed E-state index contributed by atoms with van der Waals surface area (Å²) in [5.74, 6) is -0.131. The Balaban J connectivity index is 1.94. The Kier molecular flexibility index (Phi) is 4.64. The molecule has 1 fully saturated rings. The molecule has 3 heterocycles. The first-order valence-electron chi connectivity index (χ1n) is 7.00. The predicted octanol–water partition coefficient (Wildman–Crippen LogP) is -1.92. The second kappa shape index (κ2) is 6.46. The number of rotatable bonds is 5. The molecule has 138 valence electrons. The summed E-state index contributed by atoms with van der Waals surface area (Å²) in [4.78, 5) is 39.6. The Morgan fingerprint density at radius 1 is 1.52 bits per heavy atom. The van der Waals surface area contributed by atoms with Crippen molar-refractivity contribution in [1.29, 1.82) is 0 Å². The van der Waals surface area contributed by atoms with Gasteiger partial charge in [0.25, 0.3) is 5.56 Å². The quantitative estimate of drug-likeness (QED) is 0.364. The maximum Gasteiger partial charge on any atom is 0.469 e. The lowest BCUT2D eigenvalue weighted by atomic mass is 10.1. The van der Waals surface area contributed by atoms with E-state index < -0.39 is 44.5 Å². The summed E-state index contributed by atoms with van der Waals surface area (Å²) in [5, 5.41) is 10.3. The van der Waals surface area contributed by atoms with Crippen LogP contribution >= 0.6 is 7.82 Å². The highest BCUT2D eigenvalue weighted by Crippen LogP contribution is 2.39. The molecule has 1 saturated heterocycles. The van der Waals surface area contributed by atoms with Crippen molar-refractivity contribution in [3.63, 3.8) is 0 Å². The van der Waals surface area contributed by atoms with Gasteiger partial charge in [-0.1, -0.05) is 0 Å². The van der Waals surface area contributed by atoms with E-state index >= 15 is 0 Å². The standard InChI is InChI=1S/C11H16N5O8P/c1-22-7-6(17)4(2-23-25(19,20)21)24-10(7)16-3-13-5-8(16)14-11(12)15-9(5)18/h3-4,6-7,10,17H,2H2,1H3,(H2,19,20,21)(H3,12,14,15,18)/t4-,6?,7?,10-/m1/s1. The second-order valence-electron chi connectivity index (χ2n) is 5.32. The van der Waals surface area contributed by atoms with Gasteiger partial charge < -0.3 is 30.1 Å². The van der Waals surface area contributed by atoms with Crippen molar-refractivity contribution >= 4 is 24.9 Å². The zero-order valence-corrected chi connectivity index (χ0v) is 13.7. The van der Waals surface area contributed by atoms with Crippen molar-refractivity contribution in [3.8, 4) is 0 Å². The number of methoxy groups -OCH3 is 1. The van der Waals surface area contributed by atoms with Crippen LogP contribution in [0, 0.1) is 0 Å². The molecule has 0 spiro atoms. The summed E-state index contributed by atoms with van der Waals surface area (Å²) in [5.41, 5.74) is 5.11. The molecule has 3 rings (SSSR count). The number of aromatic amines is 1. The highest BCUT2D eigenvalue weighted by Gasteiger charge is 2.46. The molecule has 2 aromatic rings. The average molecular weight is 377 g/mol. The van der Waals surface area contributed by atoms with Crippen molar-refractivity contribution in [1.82, 2.24) is 19.5 Å². The summed E-state index contributed by atoms with van der Waals surface area (Å²) in [6.45, 7) is -0.565. The van der Waals surface area contributed by atoms with Crippen LogP contribution in [0.2, 0.25) is 0 Å². The van der Waals surface area contributed by atoms with Gasteiger partial charge >= 0.3 is 7.82 Å². The number of aliphatic hydroxyl groups is 1. The molecule has 0 amide bonds. The Hall–Kier alpha value is -1.86. The van der Waals surface area contributed by atoms with Gasteiger partial charge in [0, 0.05) is 7.11 Å². The van der Waals surface area contributed by atoms with Gasteiger partial charge in [-0.25, -0.2) is 9.55 Å². The lowest BCUT2D eigenvalue weighted by molar-refractivity contribution is -0.0578. The maximum absolute atomic E-state index is 11.8. The van der Waals surface area contributed by atoms with Crippen LogP contribution in [0.25, 0.3) is 11.2 Å². The van der Waals surface area contributed by atoms with Crippen molar-refractivity contribution in [2.24, 2.45) is 0 Å². The molecular weight excluding hydrogens is 361 g/mol. The summed E-state index contributed by atoms with van der Waals surface area (Å²) >= 11 is 0. The molecule has 0 aromatic carbocycles. The number of aromatic nitrogens is 4. The fraction of sp³-hybridized carbons (Fsp3) is 0.545. The van der Waals surface area contributed by atoms with Crippen molar-refractivity contribution in [2.75, 3.05) is 19.5 Å². The first-order valence-corrected chi connectivity index (χ1v) is 8.53. The van der Waals surface area contributed by atoms with Crippen LogP contribution in [0.5, 0.6) is 0 Å². The number of anilines is 1. The van der Waals surface area contributed by atoms with E-state index in [2.05, 4.69) is 19.5 Å².